The molecule has 9 nitrogen and oxygen atoms in total. The van der Waals surface area contributed by atoms with Crippen molar-refractivity contribution in [1.82, 2.24) is 29.9 Å². The first-order valence-electron chi connectivity index (χ1n) is 12.8. The van der Waals surface area contributed by atoms with Gasteiger partial charge in [-0.3, -0.25) is 0 Å². The third-order valence-corrected chi connectivity index (χ3v) is 7.41. The van der Waals surface area contributed by atoms with E-state index >= 15 is 4.39 Å². The van der Waals surface area contributed by atoms with Gasteiger partial charge in [0.05, 0.1) is 11.2 Å². The minimum atomic E-state index is -0.421. The predicted molar refractivity (Wildman–Crippen MR) is 141 cm³/mol. The van der Waals surface area contributed by atoms with Gasteiger partial charge in [0.15, 0.2) is 11.5 Å². The van der Waals surface area contributed by atoms with Crippen LogP contribution in [0.1, 0.15) is 31.2 Å². The molecule has 3 atom stereocenters. The second-order valence-corrected chi connectivity index (χ2v) is 9.95. The van der Waals surface area contributed by atoms with E-state index in [-0.39, 0.29) is 6.10 Å². The number of pyridine rings is 1. The summed E-state index contributed by atoms with van der Waals surface area (Å²) >= 11 is 0. The molecule has 38 heavy (non-hydrogen) atoms. The van der Waals surface area contributed by atoms with Crippen LogP contribution < -0.4 is 20.1 Å². The lowest BCUT2D eigenvalue weighted by Gasteiger charge is -2.29. The van der Waals surface area contributed by atoms with Crippen LogP contribution in [0.5, 0.6) is 17.2 Å². The highest BCUT2D eigenvalue weighted by Gasteiger charge is 2.34. The predicted octanol–water partition coefficient (Wildman–Crippen LogP) is 5.32. The summed E-state index contributed by atoms with van der Waals surface area (Å²) in [5.74, 6) is 1.82. The molecule has 0 amide bonds. The van der Waals surface area contributed by atoms with E-state index in [1.807, 2.05) is 18.2 Å². The Balaban J connectivity index is 1.13. The molecule has 2 aliphatic rings. The molecule has 192 valence electrons. The lowest BCUT2D eigenvalue weighted by molar-refractivity contribution is 0.137. The monoisotopic (exact) mass is 511 g/mol. The van der Waals surface area contributed by atoms with Gasteiger partial charge in [-0.2, -0.15) is 5.10 Å². The molecule has 5 heterocycles. The zero-order valence-electron chi connectivity index (χ0n) is 20.8. The number of nitrogens with one attached hydrogen (secondary N) is 2. The molecule has 1 unspecified atom stereocenters. The Bertz CT molecular complexity index is 1640. The van der Waals surface area contributed by atoms with Gasteiger partial charge in [0.25, 0.3) is 0 Å². The number of rotatable bonds is 6. The number of benzene rings is 2. The highest BCUT2D eigenvalue weighted by Crippen LogP contribution is 2.35. The normalized spacial score (nSPS) is 20.6. The molecule has 2 aliphatic heterocycles. The molecule has 2 bridgehead atoms. The van der Waals surface area contributed by atoms with Gasteiger partial charge in [0.1, 0.15) is 41.8 Å². The van der Waals surface area contributed by atoms with Crippen LogP contribution in [0.3, 0.4) is 0 Å². The van der Waals surface area contributed by atoms with Crippen molar-refractivity contribution in [3.63, 3.8) is 0 Å². The largest absolute Gasteiger partial charge is 0.490 e. The minimum absolute atomic E-state index is 0.186. The zero-order chi connectivity index (χ0) is 25.6. The fraction of sp³-hybridized carbons (Fsp3) is 0.286. The van der Waals surface area contributed by atoms with Gasteiger partial charge in [-0.05, 0) is 69.0 Å². The van der Waals surface area contributed by atoms with E-state index < -0.39 is 5.82 Å². The molecule has 3 aromatic heterocycles. The Hall–Kier alpha value is -4.31. The summed E-state index contributed by atoms with van der Waals surface area (Å²) in [6, 6.07) is 13.8. The Kier molecular flexibility index (Phi) is 5.54. The fourth-order valence-electron chi connectivity index (χ4n) is 5.49. The summed E-state index contributed by atoms with van der Waals surface area (Å²) in [4.78, 5) is 12.9. The lowest BCUT2D eigenvalue weighted by atomic mass is 10.0. The SMILES string of the molecule is Cc1c(Oc2ccn3ncnc3c2)ccc(Nc2ncnc3ccc(OC4C[C@H]5CC[C@@H](C4)N5)cc23)c1F. The van der Waals surface area contributed by atoms with Gasteiger partial charge in [-0.25, -0.2) is 23.9 Å². The second-order valence-electron chi connectivity index (χ2n) is 9.95. The van der Waals surface area contributed by atoms with Crippen LogP contribution in [0, 0.1) is 12.7 Å². The Labute approximate surface area is 218 Å². The summed E-state index contributed by atoms with van der Waals surface area (Å²) in [7, 11) is 0. The van der Waals surface area contributed by atoms with Crippen molar-refractivity contribution in [3.8, 4) is 17.2 Å². The molecule has 5 aromatic rings. The first-order valence-corrected chi connectivity index (χ1v) is 12.8. The molecule has 7 rings (SSSR count). The molecule has 0 saturated carbocycles. The van der Waals surface area contributed by atoms with E-state index in [4.69, 9.17) is 9.47 Å². The van der Waals surface area contributed by atoms with Crippen LogP contribution in [-0.4, -0.2) is 42.8 Å². The van der Waals surface area contributed by atoms with E-state index in [0.717, 1.165) is 29.5 Å². The molecular formula is C28H26FN7O2. The van der Waals surface area contributed by atoms with Crippen LogP contribution in [0.4, 0.5) is 15.9 Å². The van der Waals surface area contributed by atoms with E-state index in [2.05, 4.69) is 30.7 Å². The molecule has 0 radical (unpaired) electrons. The highest BCUT2D eigenvalue weighted by molar-refractivity contribution is 5.91. The number of fused-ring (bicyclic) bond motifs is 4. The maximum Gasteiger partial charge on any atom is 0.158 e. The summed E-state index contributed by atoms with van der Waals surface area (Å²) in [5.41, 5.74) is 2.06. The quantitative estimate of drug-likeness (QED) is 0.316. The number of hydrogen-bond acceptors (Lipinski definition) is 8. The van der Waals surface area contributed by atoms with Crippen molar-refractivity contribution < 1.29 is 13.9 Å². The van der Waals surface area contributed by atoms with Crippen LogP contribution >= 0.6 is 0 Å². The van der Waals surface area contributed by atoms with Crippen LogP contribution in [0.15, 0.2) is 61.3 Å². The summed E-state index contributed by atoms with van der Waals surface area (Å²) in [5, 5.41) is 11.6. The van der Waals surface area contributed by atoms with Gasteiger partial charge >= 0.3 is 0 Å². The van der Waals surface area contributed by atoms with E-state index in [0.29, 0.717) is 46.3 Å². The molecule has 2 saturated heterocycles. The molecule has 2 aromatic carbocycles. The summed E-state index contributed by atoms with van der Waals surface area (Å²) in [6.07, 6.45) is 9.32. The topological polar surface area (TPSA) is 98.5 Å². The van der Waals surface area contributed by atoms with Crippen molar-refractivity contribution in [2.45, 2.75) is 50.8 Å². The van der Waals surface area contributed by atoms with Crippen LogP contribution in [0.2, 0.25) is 0 Å². The Morgan fingerprint density at radius 2 is 1.84 bits per heavy atom. The van der Waals surface area contributed by atoms with Crippen molar-refractivity contribution in [2.75, 3.05) is 5.32 Å². The van der Waals surface area contributed by atoms with Gasteiger partial charge in [0.2, 0.25) is 0 Å². The highest BCUT2D eigenvalue weighted by atomic mass is 19.1. The molecule has 2 fully saturated rings. The van der Waals surface area contributed by atoms with E-state index in [1.165, 1.54) is 25.5 Å². The number of piperidine rings is 1. The molecule has 2 N–H and O–H groups in total. The fourth-order valence-corrected chi connectivity index (χ4v) is 5.49. The average molecular weight is 512 g/mol. The summed E-state index contributed by atoms with van der Waals surface area (Å²) < 4.78 is 29.4. The Morgan fingerprint density at radius 1 is 0.974 bits per heavy atom. The van der Waals surface area contributed by atoms with Crippen molar-refractivity contribution in [2.24, 2.45) is 0 Å². The van der Waals surface area contributed by atoms with E-state index in [1.54, 1.807) is 41.9 Å². The average Bonchev–Trinajstić information content (AvgIpc) is 3.53. The number of nitrogens with zero attached hydrogens (tertiary/aromatic N) is 5. The van der Waals surface area contributed by atoms with Gasteiger partial charge < -0.3 is 20.1 Å². The second kappa shape index (κ2) is 9.21. The van der Waals surface area contributed by atoms with Gasteiger partial charge in [-0.15, -0.1) is 0 Å². The van der Waals surface area contributed by atoms with Crippen LogP contribution in [-0.2, 0) is 0 Å². The third-order valence-electron chi connectivity index (χ3n) is 7.41. The van der Waals surface area contributed by atoms with Crippen molar-refractivity contribution >= 4 is 28.1 Å². The standard InChI is InChI=1S/C28H26FN7O2/c1-16-25(38-20-8-9-36-26(13-20)31-15-33-36)7-6-24(27(16)29)35-28-22-12-19(4-5-23(22)30-14-32-28)37-21-10-17-2-3-18(11-21)34-17/h4-9,12-15,17-18,21,34H,2-3,10-11H2,1H3,(H,30,32,35)/t17-,18+,21?. The first-order chi connectivity index (χ1) is 18.6. The number of aromatic nitrogens is 5. The lowest BCUT2D eigenvalue weighted by Crippen LogP contribution is -2.42. The van der Waals surface area contributed by atoms with Gasteiger partial charge in [0, 0.05) is 35.3 Å². The van der Waals surface area contributed by atoms with Gasteiger partial charge in [-0.1, -0.05) is 0 Å². The maximum atomic E-state index is 15.5. The Morgan fingerprint density at radius 3 is 2.71 bits per heavy atom. The molecule has 10 heteroatoms. The smallest absolute Gasteiger partial charge is 0.158 e. The van der Waals surface area contributed by atoms with Crippen molar-refractivity contribution in [1.29, 1.82) is 0 Å². The van der Waals surface area contributed by atoms with Crippen LogP contribution in [0.25, 0.3) is 16.6 Å². The molecule has 0 aliphatic carbocycles. The first kappa shape index (κ1) is 22.9. The van der Waals surface area contributed by atoms with E-state index in [9.17, 15) is 0 Å². The molecule has 0 spiro atoms. The maximum absolute atomic E-state index is 15.5. The zero-order valence-corrected chi connectivity index (χ0v) is 20.8. The minimum Gasteiger partial charge on any atom is -0.490 e. The summed E-state index contributed by atoms with van der Waals surface area (Å²) in [6.45, 7) is 1.68. The number of ether oxygens (including phenoxy) is 2. The number of anilines is 2. The third kappa shape index (κ3) is 4.26. The van der Waals surface area contributed by atoms with Crippen molar-refractivity contribution in [3.05, 3.63) is 72.7 Å². The molecular weight excluding hydrogens is 485 g/mol. The number of halogens is 1. The number of hydrogen-bond donors (Lipinski definition) is 2.